The lowest BCUT2D eigenvalue weighted by molar-refractivity contribution is 0.299. The summed E-state index contributed by atoms with van der Waals surface area (Å²) in [5, 5.41) is 14.6. The van der Waals surface area contributed by atoms with Crippen LogP contribution in [0.15, 0.2) is 42.3 Å². The van der Waals surface area contributed by atoms with Crippen molar-refractivity contribution in [2.24, 2.45) is 0 Å². The van der Waals surface area contributed by atoms with Crippen LogP contribution in [-0.2, 0) is 13.0 Å². The first kappa shape index (κ1) is 21.4. The molecule has 0 spiro atoms. The van der Waals surface area contributed by atoms with E-state index < -0.39 is 0 Å². The first-order valence-electron chi connectivity index (χ1n) is 11.2. The molecule has 33 heavy (non-hydrogen) atoms. The fraction of sp³-hybridized carbons (Fsp3) is 0.391. The average Bonchev–Trinajstić information content (AvgIpc) is 3.56. The van der Waals surface area contributed by atoms with Crippen LogP contribution in [0.5, 0.6) is 5.75 Å². The Morgan fingerprint density at radius 1 is 1.15 bits per heavy atom. The number of piperidine rings is 1. The molecule has 0 radical (unpaired) electrons. The fourth-order valence-corrected chi connectivity index (χ4v) is 4.94. The van der Waals surface area contributed by atoms with Crippen LogP contribution in [0.25, 0.3) is 5.69 Å². The molecule has 0 N–H and O–H groups in total. The molecule has 0 amide bonds. The van der Waals surface area contributed by atoms with E-state index in [9.17, 15) is 0 Å². The number of anilines is 1. The van der Waals surface area contributed by atoms with Crippen molar-refractivity contribution in [3.63, 3.8) is 0 Å². The third-order valence-corrected chi connectivity index (χ3v) is 7.00. The Balaban J connectivity index is 1.16. The van der Waals surface area contributed by atoms with Crippen LogP contribution >= 0.6 is 11.3 Å². The van der Waals surface area contributed by atoms with Gasteiger partial charge in [-0.05, 0) is 65.9 Å². The second-order valence-electron chi connectivity index (χ2n) is 8.18. The summed E-state index contributed by atoms with van der Waals surface area (Å²) < 4.78 is 7.67. The molecule has 10 heteroatoms. The van der Waals surface area contributed by atoms with Gasteiger partial charge in [0.2, 0.25) is 5.95 Å². The number of aryl methyl sites for hydroxylation is 2. The monoisotopic (exact) mass is 462 g/mol. The van der Waals surface area contributed by atoms with E-state index >= 15 is 0 Å². The SMILES string of the molecule is CCc1cnc(N2CCC(c3nc(COc4ccc(-n5cnnn5)cc4C)cs3)CC2)nc1. The Morgan fingerprint density at radius 2 is 1.97 bits per heavy atom. The standard InChI is InChI=1S/C23H26N8OS/c1-3-17-11-24-23(25-12-17)30-8-6-18(7-9-30)22-27-19(14-33-22)13-32-21-5-4-20(10-16(21)2)31-15-26-28-29-31/h4-5,10-12,14-15,18H,3,6-9,13H2,1-2H3. The molecule has 4 heterocycles. The van der Waals surface area contributed by atoms with Crippen molar-refractivity contribution in [1.29, 1.82) is 0 Å². The quantitative estimate of drug-likeness (QED) is 0.410. The van der Waals surface area contributed by atoms with Crippen LogP contribution < -0.4 is 9.64 Å². The number of tetrazole rings is 1. The first-order chi connectivity index (χ1) is 16.2. The van der Waals surface area contributed by atoms with Crippen molar-refractivity contribution in [2.75, 3.05) is 18.0 Å². The summed E-state index contributed by atoms with van der Waals surface area (Å²) in [5.74, 6) is 2.15. The highest BCUT2D eigenvalue weighted by Crippen LogP contribution is 2.32. The summed E-state index contributed by atoms with van der Waals surface area (Å²) in [6.07, 6.45) is 8.52. The van der Waals surface area contributed by atoms with E-state index in [4.69, 9.17) is 9.72 Å². The topological polar surface area (TPSA) is 94.7 Å². The van der Waals surface area contributed by atoms with Gasteiger partial charge >= 0.3 is 0 Å². The fourth-order valence-electron chi connectivity index (χ4n) is 3.97. The van der Waals surface area contributed by atoms with Gasteiger partial charge in [-0.15, -0.1) is 16.4 Å². The summed E-state index contributed by atoms with van der Waals surface area (Å²) in [5.41, 5.74) is 4.07. The van der Waals surface area contributed by atoms with E-state index in [1.54, 1.807) is 22.3 Å². The van der Waals surface area contributed by atoms with Gasteiger partial charge in [0.05, 0.1) is 16.4 Å². The molecule has 0 saturated carbocycles. The van der Waals surface area contributed by atoms with E-state index in [2.05, 4.69) is 42.7 Å². The van der Waals surface area contributed by atoms with Crippen molar-refractivity contribution in [3.05, 3.63) is 64.1 Å². The largest absolute Gasteiger partial charge is 0.487 e. The highest BCUT2D eigenvalue weighted by Gasteiger charge is 2.24. The highest BCUT2D eigenvalue weighted by atomic mass is 32.1. The molecule has 1 aromatic carbocycles. The molecule has 170 valence electrons. The summed E-state index contributed by atoms with van der Waals surface area (Å²) in [4.78, 5) is 16.2. The van der Waals surface area contributed by atoms with E-state index in [1.165, 1.54) is 10.6 Å². The van der Waals surface area contributed by atoms with Gasteiger partial charge in [0.25, 0.3) is 0 Å². The number of thiazole rings is 1. The second kappa shape index (κ2) is 9.62. The van der Waals surface area contributed by atoms with E-state index in [-0.39, 0.29) is 0 Å². The molecule has 1 saturated heterocycles. The van der Waals surface area contributed by atoms with Crippen LogP contribution in [0, 0.1) is 6.92 Å². The average molecular weight is 463 g/mol. The van der Waals surface area contributed by atoms with Gasteiger partial charge in [0.1, 0.15) is 18.7 Å². The molecule has 3 aromatic heterocycles. The zero-order chi connectivity index (χ0) is 22.6. The van der Waals surface area contributed by atoms with Gasteiger partial charge in [-0.2, -0.15) is 0 Å². The number of benzene rings is 1. The molecule has 0 aliphatic carbocycles. The van der Waals surface area contributed by atoms with E-state index in [0.717, 1.165) is 61.0 Å². The molecule has 0 bridgehead atoms. The van der Waals surface area contributed by atoms with Crippen molar-refractivity contribution >= 4 is 17.3 Å². The maximum atomic E-state index is 6.05. The van der Waals surface area contributed by atoms with Crippen LogP contribution in [0.1, 0.15) is 47.5 Å². The lowest BCUT2D eigenvalue weighted by Crippen LogP contribution is -2.34. The molecule has 1 aliphatic heterocycles. The highest BCUT2D eigenvalue weighted by molar-refractivity contribution is 7.09. The Bertz CT molecular complexity index is 1180. The Morgan fingerprint density at radius 3 is 2.67 bits per heavy atom. The van der Waals surface area contributed by atoms with Gasteiger partial charge < -0.3 is 9.64 Å². The van der Waals surface area contributed by atoms with Crippen molar-refractivity contribution in [3.8, 4) is 11.4 Å². The van der Waals surface area contributed by atoms with Crippen LogP contribution in [0.3, 0.4) is 0 Å². The minimum absolute atomic E-state index is 0.456. The van der Waals surface area contributed by atoms with Crippen LogP contribution in [0.2, 0.25) is 0 Å². The third-order valence-electron chi connectivity index (χ3n) is 5.94. The van der Waals surface area contributed by atoms with Gasteiger partial charge in [-0.3, -0.25) is 0 Å². The van der Waals surface area contributed by atoms with Crippen LogP contribution in [-0.4, -0.2) is 48.2 Å². The number of rotatable bonds is 7. The van der Waals surface area contributed by atoms with E-state index in [0.29, 0.717) is 12.5 Å². The normalized spacial score (nSPS) is 14.5. The molecule has 4 aromatic rings. The summed E-state index contributed by atoms with van der Waals surface area (Å²) in [6.45, 7) is 6.50. The zero-order valence-corrected chi connectivity index (χ0v) is 19.6. The van der Waals surface area contributed by atoms with Gasteiger partial charge in [-0.1, -0.05) is 6.92 Å². The molecule has 0 atom stereocenters. The summed E-state index contributed by atoms with van der Waals surface area (Å²) >= 11 is 1.73. The summed E-state index contributed by atoms with van der Waals surface area (Å²) in [6, 6.07) is 5.90. The Labute approximate surface area is 196 Å². The minimum atomic E-state index is 0.456. The number of ether oxygens (including phenoxy) is 1. The molecule has 0 unspecified atom stereocenters. The van der Waals surface area contributed by atoms with Crippen LogP contribution in [0.4, 0.5) is 5.95 Å². The van der Waals surface area contributed by atoms with Crippen molar-refractivity contribution in [2.45, 2.75) is 45.6 Å². The second-order valence-corrected chi connectivity index (χ2v) is 9.07. The molecular formula is C23H26N8OS. The van der Waals surface area contributed by atoms with Gasteiger partial charge in [0.15, 0.2) is 0 Å². The smallest absolute Gasteiger partial charge is 0.225 e. The lowest BCUT2D eigenvalue weighted by atomic mass is 9.98. The molecule has 5 rings (SSSR count). The van der Waals surface area contributed by atoms with Crippen molar-refractivity contribution in [1.82, 2.24) is 35.2 Å². The predicted molar refractivity (Wildman–Crippen MR) is 126 cm³/mol. The molecule has 9 nitrogen and oxygen atoms in total. The third kappa shape index (κ3) is 4.85. The zero-order valence-electron chi connectivity index (χ0n) is 18.8. The van der Waals surface area contributed by atoms with Gasteiger partial charge in [-0.25, -0.2) is 19.6 Å². The Kier molecular flexibility index (Phi) is 6.25. The number of nitrogens with zero attached hydrogens (tertiary/aromatic N) is 8. The molecule has 1 fully saturated rings. The summed E-state index contributed by atoms with van der Waals surface area (Å²) in [7, 11) is 0. The lowest BCUT2D eigenvalue weighted by Gasteiger charge is -2.31. The van der Waals surface area contributed by atoms with Crippen molar-refractivity contribution < 1.29 is 4.74 Å². The van der Waals surface area contributed by atoms with Gasteiger partial charge in [0, 0.05) is 36.8 Å². The number of aromatic nitrogens is 7. The number of hydrogen-bond acceptors (Lipinski definition) is 9. The van der Waals surface area contributed by atoms with E-state index in [1.807, 2.05) is 37.5 Å². The Hall–Kier alpha value is -3.40. The maximum absolute atomic E-state index is 6.05. The molecular weight excluding hydrogens is 436 g/mol. The number of hydrogen-bond donors (Lipinski definition) is 0. The first-order valence-corrected chi connectivity index (χ1v) is 12.0. The maximum Gasteiger partial charge on any atom is 0.225 e. The molecule has 1 aliphatic rings. The minimum Gasteiger partial charge on any atom is -0.487 e. The predicted octanol–water partition coefficient (Wildman–Crippen LogP) is 3.74.